The van der Waals surface area contributed by atoms with E-state index in [4.69, 9.17) is 14.2 Å². The van der Waals surface area contributed by atoms with Crippen molar-refractivity contribution in [1.29, 1.82) is 0 Å². The third-order valence-corrected chi connectivity index (χ3v) is 11.8. The van der Waals surface area contributed by atoms with Crippen LogP contribution in [0.4, 0.5) is 0 Å². The van der Waals surface area contributed by atoms with Crippen LogP contribution in [0.25, 0.3) is 0 Å². The molecule has 0 amide bonds. The van der Waals surface area contributed by atoms with Crippen molar-refractivity contribution in [2.75, 3.05) is 13.2 Å². The first-order valence-electron chi connectivity index (χ1n) is 29.3. The van der Waals surface area contributed by atoms with Gasteiger partial charge in [0.1, 0.15) is 13.2 Å². The van der Waals surface area contributed by atoms with Gasteiger partial charge < -0.3 is 14.2 Å². The molecular weight excluding hydrogens is 901 g/mol. The number of hydrogen-bond donors (Lipinski definition) is 0. The summed E-state index contributed by atoms with van der Waals surface area (Å²) in [5.41, 5.74) is 0. The van der Waals surface area contributed by atoms with E-state index in [1.54, 1.807) is 6.08 Å². The van der Waals surface area contributed by atoms with Gasteiger partial charge in [-0.25, -0.2) is 0 Å². The molecule has 0 saturated heterocycles. The Morgan fingerprint density at radius 3 is 0.932 bits per heavy atom. The van der Waals surface area contributed by atoms with Crippen molar-refractivity contribution >= 4 is 17.9 Å². The summed E-state index contributed by atoms with van der Waals surface area (Å²) in [6, 6.07) is 0. The summed E-state index contributed by atoms with van der Waals surface area (Å²) >= 11 is 0. The van der Waals surface area contributed by atoms with Crippen LogP contribution in [0.2, 0.25) is 0 Å². The predicted molar refractivity (Wildman–Crippen MR) is 315 cm³/mol. The van der Waals surface area contributed by atoms with E-state index in [1.807, 2.05) is 6.08 Å². The van der Waals surface area contributed by atoms with Crippen molar-refractivity contribution < 1.29 is 28.6 Å². The number of unbranched alkanes of at least 4 members (excludes halogenated alkanes) is 17. The minimum atomic E-state index is -0.858. The maximum absolute atomic E-state index is 12.8. The van der Waals surface area contributed by atoms with Gasteiger partial charge in [0.05, 0.1) is 6.42 Å². The van der Waals surface area contributed by atoms with Gasteiger partial charge in [0.2, 0.25) is 0 Å². The summed E-state index contributed by atoms with van der Waals surface area (Å²) in [6.07, 6.45) is 85.9. The molecule has 0 saturated carbocycles. The molecular formula is C67H106O6. The molecule has 0 aromatic rings. The standard InChI is InChI=1S/C67H106O6/c1-4-7-10-13-16-19-22-25-28-29-30-31-32-33-34-35-36-37-40-42-45-48-51-54-57-60-66(69)72-63-64(73-67(70)61-58-55-52-49-46-43-39-27-24-21-18-15-12-9-6-3)62-71-65(68)59-56-53-50-47-44-41-38-26-23-20-17-14-11-8-5-2/h8-9,11-12,17-18,20-22,25-27,29-30,32-33,38-39,44,46-47,49,55,58,64H,4-7,10,13-16,19,23-24,28,31,34-37,40-43,45,48,50-54,56-57,59-63H2,1-3H3/b11-8-,12-9-,20-17-,21-18-,25-22-,30-29-,33-32-,38-26-,39-27-,47-44-,49-46-,58-55-. The van der Waals surface area contributed by atoms with Gasteiger partial charge in [0.15, 0.2) is 6.10 Å². The Labute approximate surface area is 448 Å². The lowest BCUT2D eigenvalue weighted by molar-refractivity contribution is -0.166. The topological polar surface area (TPSA) is 78.9 Å². The van der Waals surface area contributed by atoms with E-state index in [1.165, 1.54) is 89.9 Å². The Morgan fingerprint density at radius 2 is 0.575 bits per heavy atom. The second-order valence-electron chi connectivity index (χ2n) is 18.8. The number of rotatable bonds is 51. The molecule has 1 unspecified atom stereocenters. The zero-order valence-corrected chi connectivity index (χ0v) is 46.8. The normalized spacial score (nSPS) is 13.2. The lowest BCUT2D eigenvalue weighted by Gasteiger charge is -2.18. The van der Waals surface area contributed by atoms with E-state index in [0.717, 1.165) is 96.3 Å². The highest BCUT2D eigenvalue weighted by Crippen LogP contribution is 2.14. The fraction of sp³-hybridized carbons (Fsp3) is 0.597. The Kier molecular flexibility index (Phi) is 56.0. The molecule has 0 aromatic carbocycles. The largest absolute Gasteiger partial charge is 0.462 e. The van der Waals surface area contributed by atoms with Gasteiger partial charge in [0.25, 0.3) is 0 Å². The highest BCUT2D eigenvalue weighted by molar-refractivity contribution is 5.72. The Bertz CT molecular complexity index is 1630. The molecule has 0 aliphatic heterocycles. The van der Waals surface area contributed by atoms with Gasteiger partial charge in [-0.05, 0) is 122 Å². The molecule has 0 rings (SSSR count). The molecule has 0 heterocycles. The van der Waals surface area contributed by atoms with Gasteiger partial charge in [-0.15, -0.1) is 0 Å². The van der Waals surface area contributed by atoms with Gasteiger partial charge >= 0.3 is 17.9 Å². The highest BCUT2D eigenvalue weighted by Gasteiger charge is 2.19. The average Bonchev–Trinajstić information content (AvgIpc) is 3.39. The third kappa shape index (κ3) is 58.1. The molecule has 0 aliphatic rings. The first-order valence-corrected chi connectivity index (χ1v) is 29.3. The van der Waals surface area contributed by atoms with Crippen LogP contribution in [0.15, 0.2) is 146 Å². The van der Waals surface area contributed by atoms with Crippen LogP contribution in [0.5, 0.6) is 0 Å². The van der Waals surface area contributed by atoms with Crippen LogP contribution in [-0.4, -0.2) is 37.2 Å². The monoisotopic (exact) mass is 1010 g/mol. The molecule has 0 aromatic heterocycles. The van der Waals surface area contributed by atoms with Crippen molar-refractivity contribution in [2.24, 2.45) is 0 Å². The third-order valence-electron chi connectivity index (χ3n) is 11.8. The fourth-order valence-corrected chi connectivity index (χ4v) is 7.51. The summed E-state index contributed by atoms with van der Waals surface area (Å²) in [7, 11) is 0. The lowest BCUT2D eigenvalue weighted by atomic mass is 10.1. The Morgan fingerprint density at radius 1 is 0.301 bits per heavy atom. The number of carbonyl (C=O) groups excluding carboxylic acids is 3. The number of esters is 3. The number of hydrogen-bond acceptors (Lipinski definition) is 6. The molecule has 0 fully saturated rings. The average molecular weight is 1010 g/mol. The Balaban J connectivity index is 4.47. The smallest absolute Gasteiger partial charge is 0.310 e. The summed E-state index contributed by atoms with van der Waals surface area (Å²) < 4.78 is 16.7. The number of allylic oxidation sites excluding steroid dienone is 23. The molecule has 410 valence electrons. The van der Waals surface area contributed by atoms with Crippen molar-refractivity contribution in [1.82, 2.24) is 0 Å². The van der Waals surface area contributed by atoms with Crippen molar-refractivity contribution in [3.63, 3.8) is 0 Å². The molecule has 6 heteroatoms. The van der Waals surface area contributed by atoms with E-state index >= 15 is 0 Å². The number of carbonyl (C=O) groups is 3. The second-order valence-corrected chi connectivity index (χ2v) is 18.8. The molecule has 0 aliphatic carbocycles. The van der Waals surface area contributed by atoms with Gasteiger partial charge in [-0.3, -0.25) is 14.4 Å². The highest BCUT2D eigenvalue weighted by atomic mass is 16.6. The van der Waals surface area contributed by atoms with E-state index < -0.39 is 12.1 Å². The minimum Gasteiger partial charge on any atom is -0.462 e. The predicted octanol–water partition coefficient (Wildman–Crippen LogP) is 20.0. The van der Waals surface area contributed by atoms with E-state index in [2.05, 4.69) is 154 Å². The maximum atomic E-state index is 12.8. The first kappa shape index (κ1) is 68.3. The number of ether oxygens (including phenoxy) is 3. The van der Waals surface area contributed by atoms with Crippen LogP contribution in [0.3, 0.4) is 0 Å². The molecule has 6 nitrogen and oxygen atoms in total. The second kappa shape index (κ2) is 59.8. The van der Waals surface area contributed by atoms with Gasteiger partial charge in [-0.2, -0.15) is 0 Å². The van der Waals surface area contributed by atoms with E-state index in [9.17, 15) is 14.4 Å². The summed E-state index contributed by atoms with van der Waals surface area (Å²) in [6.45, 7) is 6.26. The summed E-state index contributed by atoms with van der Waals surface area (Å²) in [5, 5.41) is 0. The molecule has 73 heavy (non-hydrogen) atoms. The molecule has 0 radical (unpaired) electrons. The van der Waals surface area contributed by atoms with Crippen LogP contribution in [-0.2, 0) is 28.6 Å². The quantitative estimate of drug-likeness (QED) is 0.0261. The summed E-state index contributed by atoms with van der Waals surface area (Å²) in [4.78, 5) is 38.1. The van der Waals surface area contributed by atoms with Crippen LogP contribution in [0.1, 0.15) is 239 Å². The lowest BCUT2D eigenvalue weighted by Crippen LogP contribution is -2.30. The SMILES string of the molecule is CC/C=C\C/C=C\C/C=C\C/C=C\C/C=C\CC(=O)OC(COC(=O)CCCC/C=C\C/C=C\C/C=C\C/C=C\CC)COC(=O)CCCCCCCCCCCC/C=C\C/C=C\C/C=C\CCCCCCC. The maximum Gasteiger partial charge on any atom is 0.310 e. The first-order chi connectivity index (χ1) is 36.0. The van der Waals surface area contributed by atoms with Gasteiger partial charge in [-0.1, -0.05) is 244 Å². The minimum absolute atomic E-state index is 0.0805. The van der Waals surface area contributed by atoms with Crippen LogP contribution >= 0.6 is 0 Å². The summed E-state index contributed by atoms with van der Waals surface area (Å²) in [5.74, 6) is -1.12. The Hall–Kier alpha value is -4.71. The zero-order chi connectivity index (χ0) is 52.9. The van der Waals surface area contributed by atoms with Crippen molar-refractivity contribution in [3.8, 4) is 0 Å². The van der Waals surface area contributed by atoms with E-state index in [0.29, 0.717) is 19.3 Å². The zero-order valence-electron chi connectivity index (χ0n) is 46.8. The molecule has 1 atom stereocenters. The fourth-order valence-electron chi connectivity index (χ4n) is 7.51. The van der Waals surface area contributed by atoms with Crippen LogP contribution in [0, 0.1) is 0 Å². The van der Waals surface area contributed by atoms with Crippen molar-refractivity contribution in [2.45, 2.75) is 245 Å². The van der Waals surface area contributed by atoms with E-state index in [-0.39, 0.29) is 38.0 Å². The van der Waals surface area contributed by atoms with Gasteiger partial charge in [0, 0.05) is 12.8 Å². The molecule has 0 N–H and O–H groups in total. The molecule has 0 spiro atoms. The van der Waals surface area contributed by atoms with Crippen LogP contribution < -0.4 is 0 Å². The molecule has 0 bridgehead atoms. The van der Waals surface area contributed by atoms with Crippen molar-refractivity contribution in [3.05, 3.63) is 146 Å².